The Labute approximate surface area is 121 Å². The summed E-state index contributed by atoms with van der Waals surface area (Å²) in [5, 5.41) is 13.2. The van der Waals surface area contributed by atoms with E-state index in [4.69, 9.17) is 5.73 Å². The largest absolute Gasteiger partial charge is 0.392 e. The normalized spacial score (nSPS) is 13.2. The zero-order valence-corrected chi connectivity index (χ0v) is 12.9. The number of benzene rings is 1. The standard InChI is InChI=1S/C16H26N2O2/c1-11-7-12(15(17)20)5-6-13(11)9-18-10-14(19)8-16(2,3)4/h5-7,14,18-19H,8-10H2,1-4H3,(H2,17,20). The molecule has 0 bridgehead atoms. The Morgan fingerprint density at radius 2 is 2.05 bits per heavy atom. The first kappa shape index (κ1) is 16.7. The number of carbonyl (C=O) groups excluding carboxylic acids is 1. The molecule has 1 amide bonds. The van der Waals surface area contributed by atoms with Crippen molar-refractivity contribution in [2.75, 3.05) is 6.54 Å². The second-order valence-electron chi connectivity index (χ2n) is 6.56. The molecule has 0 saturated heterocycles. The van der Waals surface area contributed by atoms with Crippen molar-refractivity contribution in [1.82, 2.24) is 5.32 Å². The Hall–Kier alpha value is -1.39. The number of hydrogen-bond donors (Lipinski definition) is 3. The number of carbonyl (C=O) groups is 1. The summed E-state index contributed by atoms with van der Waals surface area (Å²) in [7, 11) is 0. The minimum atomic E-state index is -0.409. The van der Waals surface area contributed by atoms with Crippen molar-refractivity contribution in [3.05, 3.63) is 34.9 Å². The van der Waals surface area contributed by atoms with Crippen LogP contribution in [0.2, 0.25) is 0 Å². The smallest absolute Gasteiger partial charge is 0.248 e. The van der Waals surface area contributed by atoms with Crippen LogP contribution in [-0.4, -0.2) is 23.7 Å². The van der Waals surface area contributed by atoms with E-state index in [0.717, 1.165) is 17.5 Å². The van der Waals surface area contributed by atoms with E-state index in [1.165, 1.54) is 0 Å². The number of hydrogen-bond acceptors (Lipinski definition) is 3. The van der Waals surface area contributed by atoms with Gasteiger partial charge in [0.05, 0.1) is 6.10 Å². The fourth-order valence-electron chi connectivity index (χ4n) is 2.20. The van der Waals surface area contributed by atoms with Crippen molar-refractivity contribution in [3.8, 4) is 0 Å². The monoisotopic (exact) mass is 278 g/mol. The third-order valence-corrected chi connectivity index (χ3v) is 3.17. The molecule has 20 heavy (non-hydrogen) atoms. The molecule has 4 N–H and O–H groups in total. The lowest BCUT2D eigenvalue weighted by Crippen LogP contribution is -2.30. The number of aliphatic hydroxyl groups excluding tert-OH is 1. The van der Waals surface area contributed by atoms with E-state index in [1.54, 1.807) is 12.1 Å². The van der Waals surface area contributed by atoms with Crippen LogP contribution < -0.4 is 11.1 Å². The fraction of sp³-hybridized carbons (Fsp3) is 0.562. The van der Waals surface area contributed by atoms with Crippen LogP contribution in [0.15, 0.2) is 18.2 Å². The van der Waals surface area contributed by atoms with Gasteiger partial charge in [0.25, 0.3) is 0 Å². The molecule has 4 nitrogen and oxygen atoms in total. The molecule has 1 unspecified atom stereocenters. The molecule has 1 atom stereocenters. The average molecular weight is 278 g/mol. The summed E-state index contributed by atoms with van der Waals surface area (Å²) in [4.78, 5) is 11.1. The van der Waals surface area contributed by atoms with Crippen LogP contribution in [0.4, 0.5) is 0 Å². The molecular weight excluding hydrogens is 252 g/mol. The lowest BCUT2D eigenvalue weighted by atomic mass is 9.89. The number of aliphatic hydroxyl groups is 1. The molecule has 0 fully saturated rings. The third-order valence-electron chi connectivity index (χ3n) is 3.17. The van der Waals surface area contributed by atoms with Gasteiger partial charge in [-0.3, -0.25) is 4.79 Å². The summed E-state index contributed by atoms with van der Waals surface area (Å²) < 4.78 is 0. The van der Waals surface area contributed by atoms with Crippen LogP contribution in [0.25, 0.3) is 0 Å². The lowest BCUT2D eigenvalue weighted by molar-refractivity contribution is 0.1000. The van der Waals surface area contributed by atoms with Crippen LogP contribution in [0.1, 0.15) is 48.7 Å². The van der Waals surface area contributed by atoms with E-state index >= 15 is 0 Å². The van der Waals surface area contributed by atoms with Gasteiger partial charge in [-0.25, -0.2) is 0 Å². The first-order valence-electron chi connectivity index (χ1n) is 6.97. The van der Waals surface area contributed by atoms with E-state index in [9.17, 15) is 9.90 Å². The minimum absolute atomic E-state index is 0.125. The summed E-state index contributed by atoms with van der Waals surface area (Å²) >= 11 is 0. The summed E-state index contributed by atoms with van der Waals surface area (Å²) in [6.07, 6.45) is 0.416. The molecule has 0 heterocycles. The number of nitrogens with one attached hydrogen (secondary N) is 1. The highest BCUT2D eigenvalue weighted by atomic mass is 16.3. The highest BCUT2D eigenvalue weighted by Crippen LogP contribution is 2.20. The molecule has 0 saturated carbocycles. The maximum absolute atomic E-state index is 11.1. The Kier molecular flexibility index (Phi) is 5.72. The van der Waals surface area contributed by atoms with Crippen LogP contribution in [0.5, 0.6) is 0 Å². The summed E-state index contributed by atoms with van der Waals surface area (Å²) in [6, 6.07) is 5.43. The SMILES string of the molecule is Cc1cc(C(N)=O)ccc1CNCC(O)CC(C)(C)C. The summed E-state index contributed by atoms with van der Waals surface area (Å²) in [5.74, 6) is -0.409. The predicted molar refractivity (Wildman–Crippen MR) is 81.5 cm³/mol. The maximum Gasteiger partial charge on any atom is 0.248 e. The molecule has 0 radical (unpaired) electrons. The van der Waals surface area contributed by atoms with Gasteiger partial charge in [0.1, 0.15) is 0 Å². The number of aryl methyl sites for hydroxylation is 1. The maximum atomic E-state index is 11.1. The van der Waals surface area contributed by atoms with Crippen molar-refractivity contribution in [2.24, 2.45) is 11.1 Å². The topological polar surface area (TPSA) is 75.4 Å². The Morgan fingerprint density at radius 3 is 2.55 bits per heavy atom. The summed E-state index contributed by atoms with van der Waals surface area (Å²) in [6.45, 7) is 9.53. The number of rotatable bonds is 6. The molecular formula is C16H26N2O2. The fourth-order valence-corrected chi connectivity index (χ4v) is 2.20. The molecule has 4 heteroatoms. The minimum Gasteiger partial charge on any atom is -0.392 e. The van der Waals surface area contributed by atoms with Crippen molar-refractivity contribution >= 4 is 5.91 Å². The lowest BCUT2D eigenvalue weighted by Gasteiger charge is -2.22. The van der Waals surface area contributed by atoms with Crippen LogP contribution in [0, 0.1) is 12.3 Å². The molecule has 1 aromatic carbocycles. The molecule has 112 valence electrons. The van der Waals surface area contributed by atoms with Gasteiger partial charge in [-0.2, -0.15) is 0 Å². The van der Waals surface area contributed by atoms with E-state index in [0.29, 0.717) is 18.7 Å². The van der Waals surface area contributed by atoms with Crippen molar-refractivity contribution < 1.29 is 9.90 Å². The Morgan fingerprint density at radius 1 is 1.40 bits per heavy atom. The molecule has 1 aromatic rings. The van der Waals surface area contributed by atoms with E-state index in [2.05, 4.69) is 26.1 Å². The highest BCUT2D eigenvalue weighted by molar-refractivity contribution is 5.93. The van der Waals surface area contributed by atoms with Gasteiger partial charge in [-0.1, -0.05) is 26.8 Å². The second-order valence-corrected chi connectivity index (χ2v) is 6.56. The van der Waals surface area contributed by atoms with Gasteiger partial charge in [0, 0.05) is 18.7 Å². The number of primary amides is 1. The molecule has 0 aromatic heterocycles. The van der Waals surface area contributed by atoms with E-state index in [1.807, 2.05) is 13.0 Å². The molecule has 1 rings (SSSR count). The third kappa shape index (κ3) is 5.72. The van der Waals surface area contributed by atoms with Gasteiger partial charge in [-0.15, -0.1) is 0 Å². The van der Waals surface area contributed by atoms with Gasteiger partial charge < -0.3 is 16.2 Å². The van der Waals surface area contributed by atoms with Crippen LogP contribution >= 0.6 is 0 Å². The second kappa shape index (κ2) is 6.86. The first-order chi connectivity index (χ1) is 9.19. The first-order valence-corrected chi connectivity index (χ1v) is 6.97. The molecule has 0 aliphatic carbocycles. The number of amides is 1. The van der Waals surface area contributed by atoms with Gasteiger partial charge in [0.2, 0.25) is 5.91 Å². The van der Waals surface area contributed by atoms with Gasteiger partial charge in [0.15, 0.2) is 0 Å². The predicted octanol–water partition coefficient (Wildman–Crippen LogP) is 1.98. The zero-order valence-electron chi connectivity index (χ0n) is 12.9. The summed E-state index contributed by atoms with van der Waals surface area (Å²) in [5.41, 5.74) is 8.03. The van der Waals surface area contributed by atoms with Crippen LogP contribution in [-0.2, 0) is 6.54 Å². The molecule has 0 aliphatic rings. The van der Waals surface area contributed by atoms with Gasteiger partial charge in [-0.05, 0) is 42.0 Å². The van der Waals surface area contributed by atoms with Gasteiger partial charge >= 0.3 is 0 Å². The average Bonchev–Trinajstić information content (AvgIpc) is 2.28. The van der Waals surface area contributed by atoms with Crippen LogP contribution in [0.3, 0.4) is 0 Å². The Bertz CT molecular complexity index is 464. The van der Waals surface area contributed by atoms with Crippen molar-refractivity contribution in [3.63, 3.8) is 0 Å². The van der Waals surface area contributed by atoms with Crippen molar-refractivity contribution in [2.45, 2.75) is 46.8 Å². The zero-order chi connectivity index (χ0) is 15.3. The molecule has 0 aliphatic heterocycles. The van der Waals surface area contributed by atoms with Crippen molar-refractivity contribution in [1.29, 1.82) is 0 Å². The quantitative estimate of drug-likeness (QED) is 0.745. The number of nitrogens with two attached hydrogens (primary N) is 1. The van der Waals surface area contributed by atoms with E-state index < -0.39 is 5.91 Å². The highest BCUT2D eigenvalue weighted by Gasteiger charge is 2.16. The van der Waals surface area contributed by atoms with E-state index in [-0.39, 0.29) is 11.5 Å². The Balaban J connectivity index is 2.48. The molecule has 0 spiro atoms.